The van der Waals surface area contributed by atoms with Crippen molar-refractivity contribution in [2.24, 2.45) is 5.10 Å². The number of ether oxygens (including phenoxy) is 2. The minimum Gasteiger partial charge on any atom is -0.493 e. The van der Waals surface area contributed by atoms with E-state index in [0.717, 1.165) is 59.7 Å². The smallest absolute Gasteiger partial charge is 0.264 e. The first-order chi connectivity index (χ1) is 16.2. The van der Waals surface area contributed by atoms with Crippen LogP contribution in [0.15, 0.2) is 46.4 Å². The Bertz CT molecular complexity index is 1130. The van der Waals surface area contributed by atoms with Crippen molar-refractivity contribution in [3.8, 4) is 11.5 Å². The zero-order valence-electron chi connectivity index (χ0n) is 20.3. The second-order valence-electron chi connectivity index (χ2n) is 8.50. The van der Waals surface area contributed by atoms with Crippen LogP contribution in [0.4, 0.5) is 5.69 Å². The van der Waals surface area contributed by atoms with E-state index in [4.69, 9.17) is 9.47 Å². The van der Waals surface area contributed by atoms with Crippen LogP contribution < -0.4 is 19.2 Å². The minimum atomic E-state index is -4.10. The van der Waals surface area contributed by atoms with E-state index in [0.29, 0.717) is 11.4 Å². The molecule has 2 aromatic rings. The monoisotopic (exact) mass is 487 g/mol. The molecule has 1 amide bonds. The number of amides is 1. The van der Waals surface area contributed by atoms with Crippen LogP contribution in [0.5, 0.6) is 11.5 Å². The SMILES string of the molecule is COc1ccc(S(=O)(=O)N(CC(=O)NN=C2CCCCCC2)c2cc(C)cc(C)c2)cc1OC. The van der Waals surface area contributed by atoms with Gasteiger partial charge in [-0.25, -0.2) is 13.8 Å². The van der Waals surface area contributed by atoms with Crippen LogP contribution in [0.3, 0.4) is 0 Å². The molecule has 0 heterocycles. The number of nitrogens with one attached hydrogen (secondary N) is 1. The molecule has 1 fully saturated rings. The quantitative estimate of drug-likeness (QED) is 0.441. The summed E-state index contributed by atoms with van der Waals surface area (Å²) in [7, 11) is -1.18. The molecule has 8 nitrogen and oxygen atoms in total. The average molecular weight is 488 g/mol. The summed E-state index contributed by atoms with van der Waals surface area (Å²) in [4.78, 5) is 12.9. The Morgan fingerprint density at radius 3 is 2.15 bits per heavy atom. The van der Waals surface area contributed by atoms with Gasteiger partial charge in [-0.2, -0.15) is 5.10 Å². The van der Waals surface area contributed by atoms with E-state index in [1.54, 1.807) is 12.1 Å². The van der Waals surface area contributed by atoms with Crippen molar-refractivity contribution in [1.82, 2.24) is 5.43 Å². The van der Waals surface area contributed by atoms with E-state index >= 15 is 0 Å². The molecule has 184 valence electrons. The summed E-state index contributed by atoms with van der Waals surface area (Å²) in [5.74, 6) is 0.199. The van der Waals surface area contributed by atoms with Gasteiger partial charge in [-0.1, -0.05) is 18.9 Å². The molecular weight excluding hydrogens is 454 g/mol. The molecule has 0 atom stereocenters. The Morgan fingerprint density at radius 1 is 0.941 bits per heavy atom. The van der Waals surface area contributed by atoms with Crippen molar-refractivity contribution >= 4 is 27.3 Å². The molecule has 1 aliphatic rings. The van der Waals surface area contributed by atoms with Crippen LogP contribution in [0.2, 0.25) is 0 Å². The Morgan fingerprint density at radius 2 is 1.56 bits per heavy atom. The zero-order valence-corrected chi connectivity index (χ0v) is 21.1. The zero-order chi connectivity index (χ0) is 24.7. The number of hydrogen-bond acceptors (Lipinski definition) is 6. The molecule has 9 heteroatoms. The first kappa shape index (κ1) is 25.6. The van der Waals surface area contributed by atoms with Gasteiger partial charge in [-0.3, -0.25) is 9.10 Å². The van der Waals surface area contributed by atoms with Gasteiger partial charge in [-0.05, 0) is 74.9 Å². The summed E-state index contributed by atoms with van der Waals surface area (Å²) in [5.41, 5.74) is 5.71. The molecule has 2 aromatic carbocycles. The number of hydrogen-bond donors (Lipinski definition) is 1. The number of nitrogens with zero attached hydrogens (tertiary/aromatic N) is 2. The Balaban J connectivity index is 1.95. The standard InChI is InChI=1S/C25H33N3O5S/c1-18-13-19(2)15-21(14-18)28(17-25(29)27-26-20-9-7-5-6-8-10-20)34(30,31)22-11-12-23(32-3)24(16-22)33-4/h11-16H,5-10,17H2,1-4H3,(H,27,29). The maximum absolute atomic E-state index is 13.7. The van der Waals surface area contributed by atoms with E-state index in [1.165, 1.54) is 32.4 Å². The molecule has 0 aliphatic heterocycles. The van der Waals surface area contributed by atoms with Gasteiger partial charge >= 0.3 is 0 Å². The largest absolute Gasteiger partial charge is 0.493 e. The van der Waals surface area contributed by atoms with E-state index in [2.05, 4.69) is 10.5 Å². The summed E-state index contributed by atoms with van der Waals surface area (Å²) in [6.45, 7) is 3.36. The second kappa shape index (κ2) is 11.4. The van der Waals surface area contributed by atoms with Gasteiger partial charge < -0.3 is 9.47 Å². The second-order valence-corrected chi connectivity index (χ2v) is 10.4. The van der Waals surface area contributed by atoms with Crippen LogP contribution in [0.1, 0.15) is 49.7 Å². The fraction of sp³-hybridized carbons (Fsp3) is 0.440. The third-order valence-corrected chi connectivity index (χ3v) is 7.51. The van der Waals surface area contributed by atoms with E-state index in [1.807, 2.05) is 19.9 Å². The van der Waals surface area contributed by atoms with Crippen molar-refractivity contribution in [3.05, 3.63) is 47.5 Å². The van der Waals surface area contributed by atoms with Crippen molar-refractivity contribution in [2.75, 3.05) is 25.1 Å². The van der Waals surface area contributed by atoms with Crippen molar-refractivity contribution in [2.45, 2.75) is 57.3 Å². The summed E-state index contributed by atoms with van der Waals surface area (Å²) >= 11 is 0. The number of aryl methyl sites for hydroxylation is 2. The Kier molecular flexibility index (Phi) is 8.55. The third kappa shape index (κ3) is 6.28. The van der Waals surface area contributed by atoms with Gasteiger partial charge in [0, 0.05) is 11.8 Å². The van der Waals surface area contributed by atoms with Crippen LogP contribution in [-0.4, -0.2) is 40.8 Å². The highest BCUT2D eigenvalue weighted by molar-refractivity contribution is 7.92. The van der Waals surface area contributed by atoms with Gasteiger partial charge in [0.05, 0.1) is 24.8 Å². The first-order valence-corrected chi connectivity index (χ1v) is 12.9. The summed E-state index contributed by atoms with van der Waals surface area (Å²) in [6.07, 6.45) is 6.14. The molecule has 0 unspecified atom stereocenters. The topological polar surface area (TPSA) is 97.3 Å². The molecule has 0 saturated heterocycles. The van der Waals surface area contributed by atoms with Crippen LogP contribution in [-0.2, 0) is 14.8 Å². The molecule has 0 spiro atoms. The highest BCUT2D eigenvalue weighted by Gasteiger charge is 2.29. The predicted octanol–water partition coefficient (Wildman–Crippen LogP) is 4.34. The van der Waals surface area contributed by atoms with Crippen LogP contribution >= 0.6 is 0 Å². The maximum atomic E-state index is 13.7. The number of hydrazone groups is 1. The molecule has 1 aliphatic carbocycles. The van der Waals surface area contributed by atoms with Gasteiger partial charge in [-0.15, -0.1) is 0 Å². The first-order valence-electron chi connectivity index (χ1n) is 11.4. The molecule has 1 N–H and O–H groups in total. The highest BCUT2D eigenvalue weighted by atomic mass is 32.2. The number of anilines is 1. The normalized spacial score (nSPS) is 14.2. The average Bonchev–Trinajstić information content (AvgIpc) is 3.08. The maximum Gasteiger partial charge on any atom is 0.264 e. The van der Waals surface area contributed by atoms with Crippen LogP contribution in [0.25, 0.3) is 0 Å². The molecule has 34 heavy (non-hydrogen) atoms. The number of rotatable bonds is 8. The molecular formula is C25H33N3O5S. The molecule has 3 rings (SSSR count). The van der Waals surface area contributed by atoms with E-state index in [9.17, 15) is 13.2 Å². The lowest BCUT2D eigenvalue weighted by molar-refractivity contribution is -0.119. The molecule has 1 saturated carbocycles. The summed E-state index contributed by atoms with van der Waals surface area (Å²) < 4.78 is 39.1. The van der Waals surface area contributed by atoms with Crippen LogP contribution in [0, 0.1) is 13.8 Å². The summed E-state index contributed by atoms with van der Waals surface area (Å²) in [6, 6.07) is 9.81. The van der Waals surface area contributed by atoms with Crippen molar-refractivity contribution < 1.29 is 22.7 Å². The Hall–Kier alpha value is -3.07. The Labute approximate surface area is 202 Å². The lowest BCUT2D eigenvalue weighted by Crippen LogP contribution is -2.40. The molecule has 0 bridgehead atoms. The minimum absolute atomic E-state index is 0.00723. The van der Waals surface area contributed by atoms with Crippen molar-refractivity contribution in [1.29, 1.82) is 0 Å². The van der Waals surface area contributed by atoms with Crippen molar-refractivity contribution in [3.63, 3.8) is 0 Å². The fourth-order valence-electron chi connectivity index (χ4n) is 4.07. The van der Waals surface area contributed by atoms with E-state index in [-0.39, 0.29) is 10.6 Å². The fourth-order valence-corrected chi connectivity index (χ4v) is 5.49. The number of sulfonamides is 1. The lowest BCUT2D eigenvalue weighted by atomic mass is 10.1. The highest BCUT2D eigenvalue weighted by Crippen LogP contribution is 2.32. The number of carbonyl (C=O) groups excluding carboxylic acids is 1. The summed E-state index contributed by atoms with van der Waals surface area (Å²) in [5, 5.41) is 4.29. The van der Waals surface area contributed by atoms with Gasteiger partial charge in [0.25, 0.3) is 15.9 Å². The number of carbonyl (C=O) groups is 1. The molecule has 0 aromatic heterocycles. The third-order valence-electron chi connectivity index (χ3n) is 5.74. The van der Waals surface area contributed by atoms with E-state index < -0.39 is 22.5 Å². The predicted molar refractivity (Wildman–Crippen MR) is 133 cm³/mol. The van der Waals surface area contributed by atoms with Gasteiger partial charge in [0.15, 0.2) is 11.5 Å². The van der Waals surface area contributed by atoms with Gasteiger partial charge in [0.1, 0.15) is 6.54 Å². The number of methoxy groups -OCH3 is 2. The number of benzene rings is 2. The molecule has 0 radical (unpaired) electrons. The van der Waals surface area contributed by atoms with Gasteiger partial charge in [0.2, 0.25) is 0 Å². The lowest BCUT2D eigenvalue weighted by Gasteiger charge is -2.25.